The molecular weight excluding hydrogens is 610 g/mol. The van der Waals surface area contributed by atoms with Crippen molar-refractivity contribution in [3.05, 3.63) is 97.5 Å². The smallest absolute Gasteiger partial charge is 0.261 e. The largest absolute Gasteiger partial charge is 0.484 e. The van der Waals surface area contributed by atoms with Crippen molar-refractivity contribution in [2.75, 3.05) is 13.2 Å². The first-order valence-corrected chi connectivity index (χ1v) is 13.5. The fourth-order valence-electron chi connectivity index (χ4n) is 3.59. The fraction of sp³-hybridized carbons (Fsp3) is 0.286. The van der Waals surface area contributed by atoms with Gasteiger partial charge in [0.2, 0.25) is 5.91 Å². The highest BCUT2D eigenvalue weighted by Gasteiger charge is 2.31. The highest BCUT2D eigenvalue weighted by atomic mass is 127. The van der Waals surface area contributed by atoms with E-state index in [4.69, 9.17) is 27.9 Å². The van der Waals surface area contributed by atoms with E-state index in [0.717, 1.165) is 9.13 Å². The van der Waals surface area contributed by atoms with Gasteiger partial charge in [-0.2, -0.15) is 0 Å². The van der Waals surface area contributed by atoms with Gasteiger partial charge in [0.05, 0.1) is 0 Å². The van der Waals surface area contributed by atoms with Crippen LogP contribution in [-0.4, -0.2) is 35.9 Å². The number of nitrogens with one attached hydrogen (secondary N) is 1. The summed E-state index contributed by atoms with van der Waals surface area (Å²) in [4.78, 5) is 28.6. The number of amides is 2. The van der Waals surface area contributed by atoms with Gasteiger partial charge in [-0.3, -0.25) is 9.59 Å². The molecule has 0 bridgehead atoms. The van der Waals surface area contributed by atoms with Crippen LogP contribution in [0.25, 0.3) is 0 Å². The molecule has 0 heterocycles. The molecule has 1 atom stereocenters. The zero-order valence-corrected chi connectivity index (χ0v) is 23.9. The van der Waals surface area contributed by atoms with Crippen LogP contribution in [0.1, 0.15) is 25.0 Å². The number of hydrogen-bond donors (Lipinski definition) is 1. The Balaban J connectivity index is 1.94. The maximum absolute atomic E-state index is 13.6. The summed E-state index contributed by atoms with van der Waals surface area (Å²) >= 11 is 15.1. The summed E-state index contributed by atoms with van der Waals surface area (Å²) in [5.74, 6) is 0.254. The number of carbonyl (C=O) groups is 2. The molecule has 0 radical (unpaired) electrons. The quantitative estimate of drug-likeness (QED) is 0.248. The lowest BCUT2D eigenvalue weighted by Gasteiger charge is -2.32. The Morgan fingerprint density at radius 3 is 2.19 bits per heavy atom. The third kappa shape index (κ3) is 8.39. The molecule has 0 aliphatic rings. The van der Waals surface area contributed by atoms with E-state index in [1.165, 1.54) is 4.90 Å². The minimum Gasteiger partial charge on any atom is -0.484 e. The van der Waals surface area contributed by atoms with Crippen LogP contribution in [0, 0.1) is 9.49 Å². The third-order valence-corrected chi connectivity index (χ3v) is 6.95. The lowest BCUT2D eigenvalue weighted by atomic mass is 10.0. The summed E-state index contributed by atoms with van der Waals surface area (Å²) in [6.45, 7) is 4.38. The van der Waals surface area contributed by atoms with Gasteiger partial charge in [-0.1, -0.05) is 73.4 Å². The van der Waals surface area contributed by atoms with Crippen molar-refractivity contribution in [3.63, 3.8) is 0 Å². The maximum Gasteiger partial charge on any atom is 0.261 e. The Hall–Kier alpha value is -2.29. The molecule has 0 aliphatic carbocycles. The molecule has 1 N–H and O–H groups in total. The van der Waals surface area contributed by atoms with Crippen molar-refractivity contribution in [1.29, 1.82) is 0 Å². The predicted molar refractivity (Wildman–Crippen MR) is 153 cm³/mol. The molecule has 8 heteroatoms. The Bertz CT molecular complexity index is 1140. The highest BCUT2D eigenvalue weighted by molar-refractivity contribution is 14.1. The Morgan fingerprint density at radius 2 is 1.58 bits per heavy atom. The van der Waals surface area contributed by atoms with Gasteiger partial charge in [0.1, 0.15) is 11.8 Å². The van der Waals surface area contributed by atoms with Gasteiger partial charge in [0.25, 0.3) is 5.91 Å². The molecule has 0 aromatic heterocycles. The van der Waals surface area contributed by atoms with E-state index >= 15 is 0 Å². The standard InChI is InChI=1S/C28H29Cl2IN2O3/c1-19(2)16-32-28(35)26(15-20-7-4-3-5-8-20)33(17-23-24(29)9-6-10-25(23)30)27(34)18-36-22-13-11-21(31)12-14-22/h3-14,19,26H,15-18H2,1-2H3,(H,32,35)/t26-/m0/s1. The van der Waals surface area contributed by atoms with Gasteiger partial charge < -0.3 is 15.0 Å². The first-order chi connectivity index (χ1) is 17.2. The SMILES string of the molecule is CC(C)CNC(=O)[C@H](Cc1ccccc1)N(Cc1c(Cl)cccc1Cl)C(=O)COc1ccc(I)cc1. The molecule has 0 saturated heterocycles. The van der Waals surface area contributed by atoms with Gasteiger partial charge in [0, 0.05) is 38.7 Å². The summed E-state index contributed by atoms with van der Waals surface area (Å²) < 4.78 is 6.85. The van der Waals surface area contributed by atoms with Crippen LogP contribution in [0.4, 0.5) is 0 Å². The third-order valence-electron chi connectivity index (χ3n) is 5.52. The van der Waals surface area contributed by atoms with Crippen LogP contribution in [0.3, 0.4) is 0 Å². The Kier molecular flexibility index (Phi) is 10.9. The summed E-state index contributed by atoms with van der Waals surface area (Å²) in [7, 11) is 0. The first kappa shape index (κ1) is 28.3. The molecule has 3 aromatic carbocycles. The Labute approximate surface area is 236 Å². The van der Waals surface area contributed by atoms with Crippen LogP contribution in [0.5, 0.6) is 5.75 Å². The number of benzene rings is 3. The van der Waals surface area contributed by atoms with Crippen molar-refractivity contribution in [2.45, 2.75) is 32.9 Å². The number of nitrogens with zero attached hydrogens (tertiary/aromatic N) is 1. The zero-order valence-electron chi connectivity index (χ0n) is 20.2. The van der Waals surface area contributed by atoms with Gasteiger partial charge in [-0.25, -0.2) is 0 Å². The molecule has 2 amide bonds. The van der Waals surface area contributed by atoms with E-state index < -0.39 is 6.04 Å². The van der Waals surface area contributed by atoms with E-state index in [9.17, 15) is 9.59 Å². The van der Waals surface area contributed by atoms with Crippen molar-refractivity contribution in [1.82, 2.24) is 10.2 Å². The molecule has 36 heavy (non-hydrogen) atoms. The van der Waals surface area contributed by atoms with Crippen LogP contribution < -0.4 is 10.1 Å². The molecule has 0 spiro atoms. The van der Waals surface area contributed by atoms with Crippen molar-refractivity contribution >= 4 is 57.6 Å². The molecular formula is C28H29Cl2IN2O3. The van der Waals surface area contributed by atoms with Gasteiger partial charge >= 0.3 is 0 Å². The molecule has 0 fully saturated rings. The molecule has 0 aliphatic heterocycles. The topological polar surface area (TPSA) is 58.6 Å². The van der Waals surface area contributed by atoms with Crippen molar-refractivity contribution in [2.24, 2.45) is 5.92 Å². The lowest BCUT2D eigenvalue weighted by molar-refractivity contribution is -0.142. The van der Waals surface area contributed by atoms with Crippen molar-refractivity contribution < 1.29 is 14.3 Å². The summed E-state index contributed by atoms with van der Waals surface area (Å²) in [5.41, 5.74) is 1.52. The molecule has 5 nitrogen and oxygen atoms in total. The lowest BCUT2D eigenvalue weighted by Crippen LogP contribution is -2.52. The second-order valence-corrected chi connectivity index (χ2v) is 10.9. The molecule has 0 saturated carbocycles. The summed E-state index contributed by atoms with van der Waals surface area (Å²) in [6, 6.07) is 21.4. The number of carbonyl (C=O) groups excluding carboxylic acids is 2. The first-order valence-electron chi connectivity index (χ1n) is 11.7. The van der Waals surface area contributed by atoms with Gasteiger partial charge in [-0.15, -0.1) is 0 Å². The second-order valence-electron chi connectivity index (χ2n) is 8.81. The van der Waals surface area contributed by atoms with E-state index in [2.05, 4.69) is 27.9 Å². The average molecular weight is 639 g/mol. The maximum atomic E-state index is 13.6. The minimum absolute atomic E-state index is 0.0694. The average Bonchev–Trinajstić information content (AvgIpc) is 2.86. The van der Waals surface area contributed by atoms with Crippen LogP contribution in [-0.2, 0) is 22.6 Å². The Morgan fingerprint density at radius 1 is 0.944 bits per heavy atom. The van der Waals surface area contributed by atoms with Crippen LogP contribution in [0.15, 0.2) is 72.8 Å². The fourth-order valence-corrected chi connectivity index (χ4v) is 4.47. The zero-order chi connectivity index (χ0) is 26.1. The number of hydrogen-bond acceptors (Lipinski definition) is 3. The molecule has 0 unspecified atom stereocenters. The van der Waals surface area contributed by atoms with Crippen molar-refractivity contribution in [3.8, 4) is 5.75 Å². The minimum atomic E-state index is -0.786. The number of rotatable bonds is 11. The van der Waals surface area contributed by atoms with E-state index in [0.29, 0.717) is 34.3 Å². The van der Waals surface area contributed by atoms with E-state index in [1.54, 1.807) is 30.3 Å². The van der Waals surface area contributed by atoms with E-state index in [-0.39, 0.29) is 30.9 Å². The molecule has 190 valence electrons. The van der Waals surface area contributed by atoms with Gasteiger partial charge in [-0.05, 0) is 70.5 Å². The predicted octanol–water partition coefficient (Wildman–Crippen LogP) is 6.39. The molecule has 3 aromatic rings. The van der Waals surface area contributed by atoms with Crippen LogP contribution >= 0.6 is 45.8 Å². The van der Waals surface area contributed by atoms with Gasteiger partial charge in [0.15, 0.2) is 6.61 Å². The van der Waals surface area contributed by atoms with E-state index in [1.807, 2.05) is 56.3 Å². The molecule has 3 rings (SSSR count). The summed E-state index contributed by atoms with van der Waals surface area (Å²) in [5, 5.41) is 3.85. The number of halogens is 3. The second kappa shape index (κ2) is 13.9. The number of ether oxygens (including phenoxy) is 1. The monoisotopic (exact) mass is 638 g/mol. The normalized spacial score (nSPS) is 11.7. The summed E-state index contributed by atoms with van der Waals surface area (Å²) in [6.07, 6.45) is 0.335. The highest BCUT2D eigenvalue weighted by Crippen LogP contribution is 2.27. The van der Waals surface area contributed by atoms with Crippen LogP contribution in [0.2, 0.25) is 10.0 Å².